The zero-order chi connectivity index (χ0) is 21.6. The summed E-state index contributed by atoms with van der Waals surface area (Å²) in [6.45, 7) is 11.9. The van der Waals surface area contributed by atoms with Crippen molar-refractivity contribution in [1.29, 1.82) is 0 Å². The molecule has 4 rings (SSSR count). The standard InChI is InChI=1S/C25H33N3O3/c1-3-28(18-22-7-8-23-24(16-22)31-14-13-30-23)25(29)19-27-11-9-26(10-12-27)17-21-6-4-5-20(2)15-21/h4-8,15-16H,3,9-14,17-19H2,1-2H3. The highest BCUT2D eigenvalue weighted by Gasteiger charge is 2.22. The number of nitrogens with zero attached hydrogens (tertiary/aromatic N) is 3. The van der Waals surface area contributed by atoms with Crippen LogP contribution in [0.1, 0.15) is 23.6 Å². The summed E-state index contributed by atoms with van der Waals surface area (Å²) in [5, 5.41) is 0. The van der Waals surface area contributed by atoms with Crippen LogP contribution in [-0.4, -0.2) is 73.1 Å². The number of hydrogen-bond acceptors (Lipinski definition) is 5. The SMILES string of the molecule is CCN(Cc1ccc2c(c1)OCCO2)C(=O)CN1CCN(Cc2cccc(C)c2)CC1. The average Bonchev–Trinajstić information content (AvgIpc) is 2.78. The topological polar surface area (TPSA) is 45.3 Å². The molecule has 0 unspecified atom stereocenters. The molecule has 1 saturated heterocycles. The van der Waals surface area contributed by atoms with Gasteiger partial charge in [-0.3, -0.25) is 14.6 Å². The van der Waals surface area contributed by atoms with Crippen molar-refractivity contribution in [3.8, 4) is 11.5 Å². The molecule has 2 aliphatic rings. The molecule has 1 fully saturated rings. The number of likely N-dealkylation sites (N-methyl/N-ethyl adjacent to an activating group) is 1. The van der Waals surface area contributed by atoms with Gasteiger partial charge in [-0.05, 0) is 37.1 Å². The number of rotatable bonds is 7. The van der Waals surface area contributed by atoms with E-state index in [2.05, 4.69) is 41.0 Å². The fraction of sp³-hybridized carbons (Fsp3) is 0.480. The summed E-state index contributed by atoms with van der Waals surface area (Å²) in [6.07, 6.45) is 0. The summed E-state index contributed by atoms with van der Waals surface area (Å²) < 4.78 is 11.3. The Morgan fingerprint density at radius 3 is 2.42 bits per heavy atom. The maximum absolute atomic E-state index is 13.0. The predicted octanol–water partition coefficient (Wildman–Crippen LogP) is 2.93. The summed E-state index contributed by atoms with van der Waals surface area (Å²) in [6, 6.07) is 14.7. The van der Waals surface area contributed by atoms with Gasteiger partial charge in [0.25, 0.3) is 0 Å². The first kappa shape index (κ1) is 21.7. The second-order valence-electron chi connectivity index (χ2n) is 8.43. The maximum atomic E-state index is 13.0. The molecule has 2 aromatic rings. The number of aryl methyl sites for hydroxylation is 1. The zero-order valence-corrected chi connectivity index (χ0v) is 18.7. The van der Waals surface area contributed by atoms with Crippen LogP contribution in [0.5, 0.6) is 11.5 Å². The molecule has 0 N–H and O–H groups in total. The van der Waals surface area contributed by atoms with Crippen LogP contribution in [0.2, 0.25) is 0 Å². The van der Waals surface area contributed by atoms with Gasteiger partial charge in [-0.2, -0.15) is 0 Å². The minimum atomic E-state index is 0.185. The average molecular weight is 424 g/mol. The van der Waals surface area contributed by atoms with Crippen LogP contribution in [0.15, 0.2) is 42.5 Å². The van der Waals surface area contributed by atoms with Crippen molar-refractivity contribution in [3.63, 3.8) is 0 Å². The van der Waals surface area contributed by atoms with Crippen molar-refractivity contribution in [2.45, 2.75) is 26.9 Å². The minimum Gasteiger partial charge on any atom is -0.486 e. The summed E-state index contributed by atoms with van der Waals surface area (Å²) in [5.41, 5.74) is 3.74. The maximum Gasteiger partial charge on any atom is 0.237 e. The molecule has 6 nitrogen and oxygen atoms in total. The summed E-state index contributed by atoms with van der Waals surface area (Å²) in [4.78, 5) is 19.6. The molecule has 0 aliphatic carbocycles. The molecule has 2 heterocycles. The van der Waals surface area contributed by atoms with Crippen molar-refractivity contribution in [2.24, 2.45) is 0 Å². The normalized spacial score (nSPS) is 16.8. The van der Waals surface area contributed by atoms with E-state index in [0.717, 1.165) is 49.8 Å². The van der Waals surface area contributed by atoms with E-state index < -0.39 is 0 Å². The van der Waals surface area contributed by atoms with Gasteiger partial charge in [0.05, 0.1) is 6.54 Å². The Labute approximate surface area is 185 Å². The van der Waals surface area contributed by atoms with Crippen LogP contribution in [0.3, 0.4) is 0 Å². The smallest absolute Gasteiger partial charge is 0.237 e. The lowest BCUT2D eigenvalue weighted by Crippen LogP contribution is -2.49. The summed E-state index contributed by atoms with van der Waals surface area (Å²) in [5.74, 6) is 1.74. The molecular formula is C25H33N3O3. The Morgan fingerprint density at radius 1 is 0.935 bits per heavy atom. The Bertz CT molecular complexity index is 893. The van der Waals surface area contributed by atoms with E-state index in [1.807, 2.05) is 30.0 Å². The monoisotopic (exact) mass is 423 g/mol. The predicted molar refractivity (Wildman–Crippen MR) is 121 cm³/mol. The van der Waals surface area contributed by atoms with Crippen LogP contribution < -0.4 is 9.47 Å². The van der Waals surface area contributed by atoms with Crippen molar-refractivity contribution in [3.05, 3.63) is 59.2 Å². The van der Waals surface area contributed by atoms with Gasteiger partial charge in [0, 0.05) is 45.8 Å². The number of piperazine rings is 1. The lowest BCUT2D eigenvalue weighted by Gasteiger charge is -2.35. The third kappa shape index (κ3) is 5.77. The van der Waals surface area contributed by atoms with Gasteiger partial charge in [0.2, 0.25) is 5.91 Å². The van der Waals surface area contributed by atoms with Crippen molar-refractivity contribution in [2.75, 3.05) is 52.5 Å². The van der Waals surface area contributed by atoms with E-state index >= 15 is 0 Å². The first-order valence-electron chi connectivity index (χ1n) is 11.3. The van der Waals surface area contributed by atoms with E-state index in [0.29, 0.717) is 32.8 Å². The molecule has 0 radical (unpaired) electrons. The van der Waals surface area contributed by atoms with Gasteiger partial charge >= 0.3 is 0 Å². The van der Waals surface area contributed by atoms with Crippen molar-refractivity contribution >= 4 is 5.91 Å². The number of ether oxygens (including phenoxy) is 2. The number of benzene rings is 2. The van der Waals surface area contributed by atoms with Crippen LogP contribution in [-0.2, 0) is 17.9 Å². The van der Waals surface area contributed by atoms with E-state index in [4.69, 9.17) is 9.47 Å². The molecule has 0 atom stereocenters. The van der Waals surface area contributed by atoms with E-state index in [1.54, 1.807) is 0 Å². The molecule has 1 amide bonds. The van der Waals surface area contributed by atoms with Crippen LogP contribution in [0, 0.1) is 6.92 Å². The highest BCUT2D eigenvalue weighted by atomic mass is 16.6. The van der Waals surface area contributed by atoms with Gasteiger partial charge in [0.1, 0.15) is 13.2 Å². The Morgan fingerprint density at radius 2 is 1.68 bits per heavy atom. The first-order chi connectivity index (χ1) is 15.1. The minimum absolute atomic E-state index is 0.185. The van der Waals surface area contributed by atoms with Gasteiger partial charge in [-0.15, -0.1) is 0 Å². The second-order valence-corrected chi connectivity index (χ2v) is 8.43. The van der Waals surface area contributed by atoms with Crippen LogP contribution in [0.25, 0.3) is 0 Å². The highest BCUT2D eigenvalue weighted by molar-refractivity contribution is 5.78. The third-order valence-electron chi connectivity index (χ3n) is 6.03. The van der Waals surface area contributed by atoms with E-state index in [9.17, 15) is 4.79 Å². The number of fused-ring (bicyclic) bond motifs is 1. The highest BCUT2D eigenvalue weighted by Crippen LogP contribution is 2.31. The molecule has 6 heteroatoms. The summed E-state index contributed by atoms with van der Waals surface area (Å²) in [7, 11) is 0. The van der Waals surface area contributed by atoms with Gasteiger partial charge < -0.3 is 14.4 Å². The molecule has 166 valence electrons. The largest absolute Gasteiger partial charge is 0.486 e. The van der Waals surface area contributed by atoms with Gasteiger partial charge in [-0.1, -0.05) is 35.9 Å². The molecule has 0 aromatic heterocycles. The lowest BCUT2D eigenvalue weighted by atomic mass is 10.1. The molecular weight excluding hydrogens is 390 g/mol. The molecule has 2 aliphatic heterocycles. The second kappa shape index (κ2) is 10.2. The van der Waals surface area contributed by atoms with E-state index in [1.165, 1.54) is 11.1 Å². The Hall–Kier alpha value is -2.57. The fourth-order valence-corrected chi connectivity index (χ4v) is 4.25. The first-order valence-corrected chi connectivity index (χ1v) is 11.3. The van der Waals surface area contributed by atoms with Crippen molar-refractivity contribution < 1.29 is 14.3 Å². The van der Waals surface area contributed by atoms with Crippen molar-refractivity contribution in [1.82, 2.24) is 14.7 Å². The number of carbonyl (C=O) groups excluding carboxylic acids is 1. The summed E-state index contributed by atoms with van der Waals surface area (Å²) >= 11 is 0. The van der Waals surface area contributed by atoms with Crippen LogP contribution in [0.4, 0.5) is 0 Å². The Balaban J connectivity index is 1.26. The number of amides is 1. The Kier molecular flexibility index (Phi) is 7.10. The van der Waals surface area contributed by atoms with Gasteiger partial charge in [-0.25, -0.2) is 0 Å². The molecule has 2 aromatic carbocycles. The fourth-order valence-electron chi connectivity index (χ4n) is 4.25. The zero-order valence-electron chi connectivity index (χ0n) is 18.7. The van der Waals surface area contributed by atoms with Crippen LogP contribution >= 0.6 is 0 Å². The van der Waals surface area contributed by atoms with E-state index in [-0.39, 0.29) is 5.91 Å². The quantitative estimate of drug-likeness (QED) is 0.685. The number of carbonyl (C=O) groups is 1. The third-order valence-corrected chi connectivity index (χ3v) is 6.03. The van der Waals surface area contributed by atoms with Gasteiger partial charge in [0.15, 0.2) is 11.5 Å². The lowest BCUT2D eigenvalue weighted by molar-refractivity contribution is -0.133. The molecule has 31 heavy (non-hydrogen) atoms. The molecule has 0 saturated carbocycles. The molecule has 0 spiro atoms. The number of hydrogen-bond donors (Lipinski definition) is 0. The molecule has 0 bridgehead atoms.